The quantitative estimate of drug-likeness (QED) is 0.0212. The number of hydrogen-bond acceptors (Lipinski definition) is 7. The molecule has 0 heterocycles. The van der Waals surface area contributed by atoms with Crippen LogP contribution in [0.4, 0.5) is 0 Å². The van der Waals surface area contributed by atoms with Crippen LogP contribution in [-0.4, -0.2) is 69.4 Å². The fourth-order valence-corrected chi connectivity index (χ4v) is 9.34. The summed E-state index contributed by atoms with van der Waals surface area (Å²) in [5, 5.41) is 3.02. The maximum atomic E-state index is 13.6. The summed E-state index contributed by atoms with van der Waals surface area (Å²) in [5.74, 6) is -0.578. The third-order valence-electron chi connectivity index (χ3n) is 13.4. The Bertz CT molecular complexity index is 1700. The number of hydrogen-bond donors (Lipinski definition) is 1. The number of esters is 1. The minimum atomic E-state index is -4.71. The van der Waals surface area contributed by atoms with Gasteiger partial charge in [0.15, 0.2) is 0 Å². The summed E-state index contributed by atoms with van der Waals surface area (Å²) >= 11 is 0. The van der Waals surface area contributed by atoms with Crippen molar-refractivity contribution in [3.8, 4) is 0 Å². The van der Waals surface area contributed by atoms with Gasteiger partial charge < -0.3 is 28.5 Å². The molecule has 0 aromatic carbocycles. The number of quaternary nitrogens is 1. The smallest absolute Gasteiger partial charge is 0.306 e. The normalized spacial score (nSPS) is 14.4. The summed E-state index contributed by atoms with van der Waals surface area (Å²) in [7, 11) is 1.15. The number of ether oxygens (including phenoxy) is 1. The van der Waals surface area contributed by atoms with Crippen molar-refractivity contribution in [1.29, 1.82) is 0 Å². The number of carbonyl (C=O) groups excluding carboxylic acids is 2. The number of allylic oxidation sites excluding steroid dienone is 17. The molecule has 0 aromatic heterocycles. The predicted octanol–water partition coefficient (Wildman–Crippen LogP) is 19.1. The second kappa shape index (κ2) is 56.9. The van der Waals surface area contributed by atoms with Gasteiger partial charge in [-0.3, -0.25) is 14.2 Å². The number of nitrogens with one attached hydrogen (secondary N) is 1. The minimum Gasteiger partial charge on any atom is -0.756 e. The van der Waals surface area contributed by atoms with Crippen molar-refractivity contribution in [1.82, 2.24) is 5.32 Å². The van der Waals surface area contributed by atoms with Crippen LogP contribution in [0.2, 0.25) is 0 Å². The molecule has 0 aliphatic carbocycles. The highest BCUT2D eigenvalue weighted by atomic mass is 31.2. The van der Waals surface area contributed by atoms with Crippen molar-refractivity contribution in [2.45, 2.75) is 270 Å². The summed E-state index contributed by atoms with van der Waals surface area (Å²) in [6.45, 7) is 6.59. The fourth-order valence-electron chi connectivity index (χ4n) is 8.62. The molecule has 1 N–H and O–H groups in total. The molecule has 0 aliphatic heterocycles. The lowest BCUT2D eigenvalue weighted by Crippen LogP contribution is -2.47. The number of amides is 1. The van der Waals surface area contributed by atoms with Gasteiger partial charge in [0.2, 0.25) is 5.91 Å². The molecule has 0 fully saturated rings. The van der Waals surface area contributed by atoms with E-state index in [0.29, 0.717) is 23.9 Å². The molecule has 0 spiro atoms. The summed E-state index contributed by atoms with van der Waals surface area (Å²) in [4.78, 5) is 40.0. The highest BCUT2D eigenvalue weighted by Gasteiger charge is 2.27. The molecule has 0 aliphatic rings. The van der Waals surface area contributed by atoms with E-state index in [1.165, 1.54) is 89.9 Å². The van der Waals surface area contributed by atoms with Crippen LogP contribution < -0.4 is 10.2 Å². The van der Waals surface area contributed by atoms with E-state index in [1.807, 2.05) is 33.3 Å². The summed E-state index contributed by atoms with van der Waals surface area (Å²) in [6, 6.07) is -0.908. The van der Waals surface area contributed by atoms with Gasteiger partial charge in [0, 0.05) is 12.8 Å². The first-order chi connectivity index (χ1) is 37.9. The molecule has 448 valence electrons. The Balaban J connectivity index is 5.21. The van der Waals surface area contributed by atoms with Crippen molar-refractivity contribution in [2.24, 2.45) is 0 Å². The van der Waals surface area contributed by atoms with Crippen molar-refractivity contribution < 1.29 is 37.3 Å². The van der Waals surface area contributed by atoms with Gasteiger partial charge in [0.05, 0.1) is 33.8 Å². The molecule has 0 saturated carbocycles. The molecule has 0 radical (unpaired) electrons. The maximum Gasteiger partial charge on any atom is 0.306 e. The van der Waals surface area contributed by atoms with E-state index in [9.17, 15) is 19.0 Å². The Morgan fingerprint density at radius 1 is 0.462 bits per heavy atom. The van der Waals surface area contributed by atoms with Crippen molar-refractivity contribution >= 4 is 19.7 Å². The van der Waals surface area contributed by atoms with Crippen LogP contribution in [0.15, 0.2) is 109 Å². The molecular formula is C68H119N2O7P. The molecule has 78 heavy (non-hydrogen) atoms. The lowest BCUT2D eigenvalue weighted by Gasteiger charge is -2.30. The van der Waals surface area contributed by atoms with E-state index in [1.54, 1.807) is 0 Å². The number of nitrogens with zero attached hydrogens (tertiary/aromatic N) is 1. The van der Waals surface area contributed by atoms with Crippen LogP contribution in [0.3, 0.4) is 0 Å². The third kappa shape index (κ3) is 57.4. The lowest BCUT2D eigenvalue weighted by atomic mass is 10.0. The average Bonchev–Trinajstić information content (AvgIpc) is 3.40. The summed E-state index contributed by atoms with van der Waals surface area (Å²) in [6.07, 6.45) is 77.7. The summed E-state index contributed by atoms with van der Waals surface area (Å²) in [5.41, 5.74) is 0. The zero-order valence-corrected chi connectivity index (χ0v) is 52.0. The van der Waals surface area contributed by atoms with E-state index >= 15 is 0 Å². The van der Waals surface area contributed by atoms with Gasteiger partial charge >= 0.3 is 5.97 Å². The number of phosphoric ester groups is 1. The topological polar surface area (TPSA) is 114 Å². The highest BCUT2D eigenvalue weighted by Crippen LogP contribution is 2.38. The lowest BCUT2D eigenvalue weighted by molar-refractivity contribution is -0.870. The second-order valence-corrected chi connectivity index (χ2v) is 23.6. The van der Waals surface area contributed by atoms with Gasteiger partial charge in [-0.15, -0.1) is 0 Å². The Labute approximate surface area is 481 Å². The maximum absolute atomic E-state index is 13.6. The van der Waals surface area contributed by atoms with E-state index in [2.05, 4.69) is 123 Å². The van der Waals surface area contributed by atoms with Crippen LogP contribution in [0, 0.1) is 0 Å². The Kier molecular flexibility index (Phi) is 54.5. The molecule has 0 saturated heterocycles. The second-order valence-electron chi connectivity index (χ2n) is 22.1. The van der Waals surface area contributed by atoms with Crippen molar-refractivity contribution in [3.63, 3.8) is 0 Å². The van der Waals surface area contributed by atoms with E-state index in [0.717, 1.165) is 128 Å². The zero-order chi connectivity index (χ0) is 57.2. The molecule has 1 amide bonds. The first-order valence-corrected chi connectivity index (χ1v) is 33.2. The molecule has 0 bridgehead atoms. The number of rotatable bonds is 56. The number of carbonyl (C=O) groups is 2. The molecule has 9 nitrogen and oxygen atoms in total. The molecule has 0 aromatic rings. The summed E-state index contributed by atoms with van der Waals surface area (Å²) < 4.78 is 30.3. The van der Waals surface area contributed by atoms with Crippen LogP contribution in [0.1, 0.15) is 258 Å². The van der Waals surface area contributed by atoms with Crippen LogP contribution in [-0.2, 0) is 27.9 Å². The van der Waals surface area contributed by atoms with Crippen LogP contribution in [0.25, 0.3) is 0 Å². The molecular weight excluding hydrogens is 988 g/mol. The predicted molar refractivity (Wildman–Crippen MR) is 334 cm³/mol. The fraction of sp³-hybridized carbons (Fsp3) is 0.706. The van der Waals surface area contributed by atoms with Crippen LogP contribution >= 0.6 is 7.82 Å². The molecule has 0 rings (SSSR count). The molecule has 10 heteroatoms. The van der Waals surface area contributed by atoms with E-state index < -0.39 is 26.6 Å². The number of unbranched alkanes of at least 4 members (excludes halogenated alkanes) is 24. The average molecular weight is 1110 g/mol. The first kappa shape index (κ1) is 74.7. The van der Waals surface area contributed by atoms with Gasteiger partial charge in [-0.25, -0.2) is 0 Å². The van der Waals surface area contributed by atoms with Crippen molar-refractivity contribution in [2.75, 3.05) is 40.9 Å². The first-order valence-electron chi connectivity index (χ1n) is 31.7. The third-order valence-corrected chi connectivity index (χ3v) is 14.4. The Morgan fingerprint density at radius 2 is 0.821 bits per heavy atom. The SMILES string of the molecule is CC/C=C\C/C=C\C/C=C\C/C=C\C/C=C\CCCCCCCCCCCC(=O)NC(COP(=O)([O-])OCC[N+](C)(C)C)C(/C=C\CCCCCCCCCCCCC)OC(=O)CCCCCC/C=C/C/C=C/C/C=C/CC. The van der Waals surface area contributed by atoms with Gasteiger partial charge in [0.1, 0.15) is 19.3 Å². The van der Waals surface area contributed by atoms with Gasteiger partial charge in [-0.2, -0.15) is 0 Å². The Hall–Kier alpha value is -3.33. The minimum absolute atomic E-state index is 0.0325. The number of likely N-dealkylation sites (N-methyl/N-ethyl adjacent to an activating group) is 1. The zero-order valence-electron chi connectivity index (χ0n) is 51.1. The van der Waals surface area contributed by atoms with Gasteiger partial charge in [0.25, 0.3) is 7.82 Å². The Morgan fingerprint density at radius 3 is 1.23 bits per heavy atom. The number of phosphoric acid groups is 1. The van der Waals surface area contributed by atoms with Crippen molar-refractivity contribution in [3.05, 3.63) is 109 Å². The monoisotopic (exact) mass is 1110 g/mol. The van der Waals surface area contributed by atoms with Gasteiger partial charge in [-0.05, 0) is 109 Å². The standard InChI is InChI=1S/C68H119N2O7P/c1-7-10-13-16-19-22-25-28-30-31-32-33-34-35-36-37-38-39-40-42-45-48-51-54-57-60-67(71)69-65(64-76-78(73,74)75-63-62-70(4,5)6)66(59-56-53-50-47-44-41-27-24-21-18-15-12-9-3)77-68(72)61-58-55-52-49-46-43-29-26-23-20-17-14-11-8-2/h10-11,13-14,19-20,22-23,28-30,32-33,35-36,43,56,59,65-66H,7-9,12,15-18,21,24-27,31,34,37-42,44-55,57-58,60-64H2,1-6H3,(H-,69,71,73,74)/b13-10-,14-11+,22-19-,23-20+,30-28-,33-32-,36-35-,43-29+,59-56-. The largest absolute Gasteiger partial charge is 0.756 e. The highest BCUT2D eigenvalue weighted by molar-refractivity contribution is 7.45. The van der Waals surface area contributed by atoms with Crippen LogP contribution in [0.5, 0.6) is 0 Å². The van der Waals surface area contributed by atoms with E-state index in [4.69, 9.17) is 13.8 Å². The van der Waals surface area contributed by atoms with Gasteiger partial charge in [-0.1, -0.05) is 246 Å². The van der Waals surface area contributed by atoms with E-state index in [-0.39, 0.29) is 24.9 Å². The molecule has 3 unspecified atom stereocenters. The molecule has 3 atom stereocenters.